The summed E-state index contributed by atoms with van der Waals surface area (Å²) in [4.78, 5) is 19.3. The van der Waals surface area contributed by atoms with Crippen LogP contribution in [0.5, 0.6) is 11.6 Å². The maximum absolute atomic E-state index is 10.9. The predicted octanol–water partition coefficient (Wildman–Crippen LogP) is 3.48. The molecule has 0 bridgehead atoms. The van der Waals surface area contributed by atoms with E-state index in [1.165, 1.54) is 17.5 Å². The summed E-state index contributed by atoms with van der Waals surface area (Å²) in [5, 5.41) is 12.4. The molecule has 0 spiro atoms. The third kappa shape index (κ3) is 4.23. The lowest BCUT2D eigenvalue weighted by Crippen LogP contribution is -2.20. The highest BCUT2D eigenvalue weighted by Crippen LogP contribution is 2.26. The van der Waals surface area contributed by atoms with Gasteiger partial charge in [-0.3, -0.25) is 4.79 Å². The van der Waals surface area contributed by atoms with Gasteiger partial charge in [0, 0.05) is 12.1 Å². The van der Waals surface area contributed by atoms with Crippen LogP contribution in [0, 0.1) is 0 Å². The van der Waals surface area contributed by atoms with Gasteiger partial charge < -0.3 is 15.2 Å². The molecular formula is C21H19N3O3. The number of fused-ring (bicyclic) bond motifs is 1. The van der Waals surface area contributed by atoms with E-state index in [0.29, 0.717) is 29.1 Å². The van der Waals surface area contributed by atoms with Crippen molar-refractivity contribution in [2.75, 3.05) is 5.32 Å². The van der Waals surface area contributed by atoms with Crippen molar-refractivity contribution in [1.29, 1.82) is 0 Å². The number of anilines is 1. The number of aromatic nitrogens is 2. The Balaban J connectivity index is 1.43. The molecule has 6 nitrogen and oxygen atoms in total. The fraction of sp³-hybridized carbons (Fsp3) is 0.190. The number of carboxylic acids is 1. The summed E-state index contributed by atoms with van der Waals surface area (Å²) in [5.74, 6) is 0.792. The van der Waals surface area contributed by atoms with Gasteiger partial charge in [0.05, 0.1) is 6.42 Å². The molecule has 2 N–H and O–H groups in total. The van der Waals surface area contributed by atoms with E-state index in [0.717, 1.165) is 12.8 Å². The standard InChI is InChI=1S/C21H19N3O3/c25-21(26)9-14-4-3-7-18(8-14)27-20-12-19(22-13-23-20)24-17-10-15-5-1-2-6-16(15)11-17/h1-8,12-13,17H,9-11H2,(H,25,26)(H,22,23,24). The normalized spacial score (nSPS) is 13.2. The molecule has 136 valence electrons. The fourth-order valence-corrected chi connectivity index (χ4v) is 3.36. The molecule has 0 radical (unpaired) electrons. The Morgan fingerprint density at radius 2 is 1.85 bits per heavy atom. The second-order valence-electron chi connectivity index (χ2n) is 6.58. The van der Waals surface area contributed by atoms with Gasteiger partial charge in [0.15, 0.2) is 0 Å². The van der Waals surface area contributed by atoms with Crippen LogP contribution in [0.1, 0.15) is 16.7 Å². The Morgan fingerprint density at radius 3 is 2.59 bits per heavy atom. The van der Waals surface area contributed by atoms with E-state index in [4.69, 9.17) is 9.84 Å². The van der Waals surface area contributed by atoms with E-state index in [1.54, 1.807) is 30.3 Å². The minimum Gasteiger partial charge on any atom is -0.481 e. The number of ether oxygens (including phenoxy) is 1. The van der Waals surface area contributed by atoms with Crippen molar-refractivity contribution in [2.24, 2.45) is 0 Å². The first-order valence-electron chi connectivity index (χ1n) is 8.80. The summed E-state index contributed by atoms with van der Waals surface area (Å²) in [5.41, 5.74) is 3.42. The van der Waals surface area contributed by atoms with Crippen LogP contribution in [0.4, 0.5) is 5.82 Å². The number of nitrogens with one attached hydrogen (secondary N) is 1. The van der Waals surface area contributed by atoms with Crippen molar-refractivity contribution in [3.63, 3.8) is 0 Å². The van der Waals surface area contributed by atoms with Crippen LogP contribution in [-0.4, -0.2) is 27.1 Å². The van der Waals surface area contributed by atoms with Crippen molar-refractivity contribution in [3.05, 3.63) is 77.6 Å². The van der Waals surface area contributed by atoms with Crippen LogP contribution < -0.4 is 10.1 Å². The molecule has 27 heavy (non-hydrogen) atoms. The second-order valence-corrected chi connectivity index (χ2v) is 6.58. The first kappa shape index (κ1) is 17.0. The van der Waals surface area contributed by atoms with Gasteiger partial charge in [-0.25, -0.2) is 9.97 Å². The molecule has 1 aromatic heterocycles. The topological polar surface area (TPSA) is 84.3 Å². The molecule has 0 amide bonds. The number of rotatable bonds is 6. The Bertz CT molecular complexity index is 949. The third-order valence-electron chi connectivity index (χ3n) is 4.52. The van der Waals surface area contributed by atoms with E-state index >= 15 is 0 Å². The molecular weight excluding hydrogens is 342 g/mol. The molecule has 1 aliphatic carbocycles. The average molecular weight is 361 g/mol. The molecule has 2 aromatic carbocycles. The van der Waals surface area contributed by atoms with Gasteiger partial charge in [-0.15, -0.1) is 0 Å². The van der Waals surface area contributed by atoms with Gasteiger partial charge in [0.2, 0.25) is 5.88 Å². The second kappa shape index (κ2) is 7.45. The summed E-state index contributed by atoms with van der Waals surface area (Å²) in [7, 11) is 0. The maximum atomic E-state index is 10.9. The first-order chi connectivity index (χ1) is 13.2. The van der Waals surface area contributed by atoms with E-state index in [9.17, 15) is 4.79 Å². The Kier molecular flexibility index (Phi) is 4.70. The molecule has 4 rings (SSSR count). The van der Waals surface area contributed by atoms with Crippen LogP contribution in [0.2, 0.25) is 0 Å². The highest BCUT2D eigenvalue weighted by Gasteiger charge is 2.21. The van der Waals surface area contributed by atoms with Gasteiger partial charge in [-0.05, 0) is 41.7 Å². The summed E-state index contributed by atoms with van der Waals surface area (Å²) in [6.45, 7) is 0. The highest BCUT2D eigenvalue weighted by atomic mass is 16.5. The predicted molar refractivity (Wildman–Crippen MR) is 101 cm³/mol. The quantitative estimate of drug-likeness (QED) is 0.699. The molecule has 0 aliphatic heterocycles. The van der Waals surface area contributed by atoms with Crippen LogP contribution in [0.3, 0.4) is 0 Å². The number of hydrogen-bond donors (Lipinski definition) is 2. The number of benzene rings is 2. The number of carboxylic acid groups (broad SMARTS) is 1. The molecule has 0 unspecified atom stereocenters. The molecule has 1 heterocycles. The van der Waals surface area contributed by atoms with Gasteiger partial charge >= 0.3 is 5.97 Å². The zero-order chi connectivity index (χ0) is 18.6. The van der Waals surface area contributed by atoms with Crippen molar-refractivity contribution >= 4 is 11.8 Å². The zero-order valence-electron chi connectivity index (χ0n) is 14.6. The zero-order valence-corrected chi connectivity index (χ0v) is 14.6. The fourth-order valence-electron chi connectivity index (χ4n) is 3.36. The van der Waals surface area contributed by atoms with Crippen molar-refractivity contribution in [1.82, 2.24) is 9.97 Å². The smallest absolute Gasteiger partial charge is 0.307 e. The van der Waals surface area contributed by atoms with Gasteiger partial charge in [0.25, 0.3) is 0 Å². The molecule has 0 fully saturated rings. The first-order valence-corrected chi connectivity index (χ1v) is 8.80. The van der Waals surface area contributed by atoms with E-state index in [1.807, 2.05) is 0 Å². The van der Waals surface area contributed by atoms with Gasteiger partial charge in [0.1, 0.15) is 17.9 Å². The lowest BCUT2D eigenvalue weighted by atomic mass is 10.1. The Morgan fingerprint density at radius 1 is 1.07 bits per heavy atom. The monoisotopic (exact) mass is 361 g/mol. The number of nitrogens with zero attached hydrogens (tertiary/aromatic N) is 2. The molecule has 6 heteroatoms. The molecule has 0 saturated heterocycles. The number of carbonyl (C=O) groups is 1. The minimum absolute atomic E-state index is 0.0456. The Labute approximate surface area is 156 Å². The van der Waals surface area contributed by atoms with Gasteiger partial charge in [-0.1, -0.05) is 36.4 Å². The van der Waals surface area contributed by atoms with E-state index in [-0.39, 0.29) is 6.42 Å². The van der Waals surface area contributed by atoms with Crippen LogP contribution >= 0.6 is 0 Å². The summed E-state index contributed by atoms with van der Waals surface area (Å²) in [6.07, 6.45) is 3.35. The van der Waals surface area contributed by atoms with Crippen molar-refractivity contribution < 1.29 is 14.6 Å². The average Bonchev–Trinajstić information content (AvgIpc) is 3.04. The van der Waals surface area contributed by atoms with E-state index in [2.05, 4.69) is 39.6 Å². The lowest BCUT2D eigenvalue weighted by Gasteiger charge is -2.13. The highest BCUT2D eigenvalue weighted by molar-refractivity contribution is 5.70. The summed E-state index contributed by atoms with van der Waals surface area (Å²) >= 11 is 0. The van der Waals surface area contributed by atoms with Crippen molar-refractivity contribution in [2.45, 2.75) is 25.3 Å². The number of hydrogen-bond acceptors (Lipinski definition) is 5. The molecule has 0 atom stereocenters. The van der Waals surface area contributed by atoms with Crippen molar-refractivity contribution in [3.8, 4) is 11.6 Å². The van der Waals surface area contributed by atoms with Crippen LogP contribution in [0.15, 0.2) is 60.9 Å². The third-order valence-corrected chi connectivity index (χ3v) is 4.52. The van der Waals surface area contributed by atoms with E-state index < -0.39 is 5.97 Å². The summed E-state index contributed by atoms with van der Waals surface area (Å²) < 4.78 is 5.78. The SMILES string of the molecule is O=C(O)Cc1cccc(Oc2cc(NC3Cc4ccccc4C3)ncn2)c1. The maximum Gasteiger partial charge on any atom is 0.307 e. The van der Waals surface area contributed by atoms with Crippen LogP contribution in [0.25, 0.3) is 0 Å². The number of aliphatic carboxylic acids is 1. The van der Waals surface area contributed by atoms with Crippen LogP contribution in [-0.2, 0) is 24.1 Å². The summed E-state index contributed by atoms with van der Waals surface area (Å²) in [6, 6.07) is 17.5. The minimum atomic E-state index is -0.877. The molecule has 1 aliphatic rings. The Hall–Kier alpha value is -3.41. The van der Waals surface area contributed by atoms with Gasteiger partial charge in [-0.2, -0.15) is 0 Å². The molecule has 0 saturated carbocycles. The largest absolute Gasteiger partial charge is 0.481 e. The lowest BCUT2D eigenvalue weighted by molar-refractivity contribution is -0.136. The molecule has 3 aromatic rings.